The summed E-state index contributed by atoms with van der Waals surface area (Å²) >= 11 is 0. The van der Waals surface area contributed by atoms with Crippen LogP contribution in [0.3, 0.4) is 0 Å². The predicted molar refractivity (Wildman–Crippen MR) is 73.9 cm³/mol. The van der Waals surface area contributed by atoms with E-state index in [1.807, 2.05) is 6.92 Å². The minimum atomic E-state index is -0.419. The summed E-state index contributed by atoms with van der Waals surface area (Å²) in [6.45, 7) is 3.10. The fourth-order valence-electron chi connectivity index (χ4n) is 2.66. The SMILES string of the molecule is CCn1c(=O)[nH]c(=O)c2[nH]c(CC3CCCCO3)nc21. The van der Waals surface area contributed by atoms with Gasteiger partial charge < -0.3 is 9.72 Å². The Hall–Kier alpha value is -1.89. The Balaban J connectivity index is 1.99. The summed E-state index contributed by atoms with van der Waals surface area (Å²) in [7, 11) is 0. The first kappa shape index (κ1) is 13.1. The molecule has 7 heteroatoms. The van der Waals surface area contributed by atoms with Gasteiger partial charge in [0.05, 0.1) is 6.10 Å². The zero-order chi connectivity index (χ0) is 14.1. The number of fused-ring (bicyclic) bond motifs is 1. The van der Waals surface area contributed by atoms with Crippen LogP contribution in [0.15, 0.2) is 9.59 Å². The van der Waals surface area contributed by atoms with Crippen LogP contribution in [0, 0.1) is 0 Å². The van der Waals surface area contributed by atoms with E-state index in [1.165, 1.54) is 4.57 Å². The summed E-state index contributed by atoms with van der Waals surface area (Å²) in [4.78, 5) is 33.2. The van der Waals surface area contributed by atoms with Crippen molar-refractivity contribution in [3.63, 3.8) is 0 Å². The fourth-order valence-corrected chi connectivity index (χ4v) is 2.66. The standard InChI is InChI=1S/C13H18N4O3/c1-2-17-11-10(12(18)16-13(17)19)14-9(15-11)7-8-5-3-4-6-20-8/h8H,2-7H2,1H3,(H,14,15)(H,16,18,19). The molecule has 0 aliphatic carbocycles. The van der Waals surface area contributed by atoms with Crippen molar-refractivity contribution in [1.82, 2.24) is 19.5 Å². The van der Waals surface area contributed by atoms with Crippen molar-refractivity contribution in [2.75, 3.05) is 6.61 Å². The molecule has 3 rings (SSSR count). The molecular formula is C13H18N4O3. The monoisotopic (exact) mass is 278 g/mol. The number of nitrogens with one attached hydrogen (secondary N) is 2. The maximum absolute atomic E-state index is 11.8. The second-order valence-corrected chi connectivity index (χ2v) is 5.08. The summed E-state index contributed by atoms with van der Waals surface area (Å²) in [6, 6.07) is 0. The molecule has 3 heterocycles. The van der Waals surface area contributed by atoms with Gasteiger partial charge in [0.2, 0.25) is 0 Å². The highest BCUT2D eigenvalue weighted by Gasteiger charge is 2.18. The molecule has 0 radical (unpaired) electrons. The molecule has 0 aromatic carbocycles. The number of imidazole rings is 1. The van der Waals surface area contributed by atoms with Crippen LogP contribution in [0.4, 0.5) is 0 Å². The Morgan fingerprint density at radius 3 is 2.90 bits per heavy atom. The van der Waals surface area contributed by atoms with Crippen LogP contribution in [-0.4, -0.2) is 32.2 Å². The molecule has 1 fully saturated rings. The van der Waals surface area contributed by atoms with Crippen molar-refractivity contribution in [2.24, 2.45) is 0 Å². The number of nitrogens with zero attached hydrogens (tertiary/aromatic N) is 2. The average molecular weight is 278 g/mol. The van der Waals surface area contributed by atoms with Gasteiger partial charge in [0.25, 0.3) is 5.56 Å². The van der Waals surface area contributed by atoms with E-state index in [1.54, 1.807) is 0 Å². The number of aromatic amines is 2. The zero-order valence-corrected chi connectivity index (χ0v) is 11.4. The first-order valence-corrected chi connectivity index (χ1v) is 7.02. The maximum Gasteiger partial charge on any atom is 0.330 e. The lowest BCUT2D eigenvalue weighted by atomic mass is 10.1. The molecule has 2 aromatic rings. The quantitative estimate of drug-likeness (QED) is 0.857. The summed E-state index contributed by atoms with van der Waals surface area (Å²) in [5.74, 6) is 0.699. The number of hydrogen-bond acceptors (Lipinski definition) is 4. The normalized spacial score (nSPS) is 19.6. The Bertz CT molecular complexity index is 721. The van der Waals surface area contributed by atoms with Gasteiger partial charge in [0.15, 0.2) is 5.65 Å². The third kappa shape index (κ3) is 2.29. The van der Waals surface area contributed by atoms with Crippen molar-refractivity contribution in [1.29, 1.82) is 0 Å². The van der Waals surface area contributed by atoms with Crippen LogP contribution < -0.4 is 11.2 Å². The molecule has 2 N–H and O–H groups in total. The number of aromatic nitrogens is 4. The molecule has 0 spiro atoms. The highest BCUT2D eigenvalue weighted by atomic mass is 16.5. The fraction of sp³-hybridized carbons (Fsp3) is 0.615. The summed E-state index contributed by atoms with van der Waals surface area (Å²) in [5.41, 5.74) is -0.0562. The molecule has 0 bridgehead atoms. The average Bonchev–Trinajstić information content (AvgIpc) is 2.84. The Kier molecular flexibility index (Phi) is 3.43. The molecule has 1 saturated heterocycles. The van der Waals surface area contributed by atoms with Gasteiger partial charge in [0, 0.05) is 19.6 Å². The van der Waals surface area contributed by atoms with Crippen molar-refractivity contribution in [3.05, 3.63) is 26.7 Å². The number of H-pyrrole nitrogens is 2. The molecule has 7 nitrogen and oxygen atoms in total. The molecule has 0 saturated carbocycles. The van der Waals surface area contributed by atoms with E-state index in [2.05, 4.69) is 15.0 Å². The smallest absolute Gasteiger partial charge is 0.330 e. The van der Waals surface area contributed by atoms with E-state index in [9.17, 15) is 9.59 Å². The lowest BCUT2D eigenvalue weighted by Crippen LogP contribution is -2.29. The third-order valence-corrected chi connectivity index (χ3v) is 3.69. The van der Waals surface area contributed by atoms with Gasteiger partial charge in [0.1, 0.15) is 11.3 Å². The van der Waals surface area contributed by atoms with Crippen molar-refractivity contribution in [3.8, 4) is 0 Å². The van der Waals surface area contributed by atoms with Crippen molar-refractivity contribution >= 4 is 11.2 Å². The second-order valence-electron chi connectivity index (χ2n) is 5.08. The van der Waals surface area contributed by atoms with E-state index in [-0.39, 0.29) is 6.10 Å². The summed E-state index contributed by atoms with van der Waals surface area (Å²) in [5, 5.41) is 0. The maximum atomic E-state index is 11.8. The van der Waals surface area contributed by atoms with E-state index in [0.29, 0.717) is 30.0 Å². The summed E-state index contributed by atoms with van der Waals surface area (Å²) in [6.07, 6.45) is 4.06. The summed E-state index contributed by atoms with van der Waals surface area (Å²) < 4.78 is 7.13. The molecule has 108 valence electrons. The van der Waals surface area contributed by atoms with Crippen molar-refractivity contribution < 1.29 is 4.74 Å². The molecular weight excluding hydrogens is 260 g/mol. The van der Waals surface area contributed by atoms with E-state index in [0.717, 1.165) is 25.9 Å². The van der Waals surface area contributed by atoms with Gasteiger partial charge in [-0.1, -0.05) is 0 Å². The minimum Gasteiger partial charge on any atom is -0.378 e. The number of ether oxygens (including phenoxy) is 1. The van der Waals surface area contributed by atoms with E-state index in [4.69, 9.17) is 4.74 Å². The van der Waals surface area contributed by atoms with Gasteiger partial charge in [-0.25, -0.2) is 9.78 Å². The highest BCUT2D eigenvalue weighted by molar-refractivity contribution is 5.69. The van der Waals surface area contributed by atoms with Gasteiger partial charge >= 0.3 is 5.69 Å². The van der Waals surface area contributed by atoms with Crippen LogP contribution in [0.25, 0.3) is 11.2 Å². The third-order valence-electron chi connectivity index (χ3n) is 3.69. The van der Waals surface area contributed by atoms with E-state index >= 15 is 0 Å². The van der Waals surface area contributed by atoms with Crippen LogP contribution in [0.1, 0.15) is 32.0 Å². The predicted octanol–water partition coefficient (Wildman–Crippen LogP) is 0.544. The molecule has 1 aliphatic heterocycles. The highest BCUT2D eigenvalue weighted by Crippen LogP contribution is 2.16. The first-order chi connectivity index (χ1) is 9.69. The molecule has 2 aromatic heterocycles. The van der Waals surface area contributed by atoms with Crippen LogP contribution >= 0.6 is 0 Å². The Morgan fingerprint density at radius 2 is 2.20 bits per heavy atom. The first-order valence-electron chi connectivity index (χ1n) is 7.02. The Labute approximate surface area is 115 Å². The van der Waals surface area contributed by atoms with Gasteiger partial charge in [-0.15, -0.1) is 0 Å². The van der Waals surface area contributed by atoms with E-state index < -0.39 is 11.2 Å². The van der Waals surface area contributed by atoms with Crippen LogP contribution in [0.5, 0.6) is 0 Å². The molecule has 1 aliphatic rings. The number of rotatable bonds is 3. The minimum absolute atomic E-state index is 0.144. The van der Waals surface area contributed by atoms with Gasteiger partial charge in [-0.05, 0) is 26.2 Å². The molecule has 20 heavy (non-hydrogen) atoms. The second kappa shape index (κ2) is 5.24. The Morgan fingerprint density at radius 1 is 1.35 bits per heavy atom. The molecule has 1 atom stereocenters. The lowest BCUT2D eigenvalue weighted by molar-refractivity contribution is 0.0158. The van der Waals surface area contributed by atoms with Crippen LogP contribution in [-0.2, 0) is 17.7 Å². The number of aryl methyl sites for hydroxylation is 1. The largest absolute Gasteiger partial charge is 0.378 e. The number of hydrogen-bond donors (Lipinski definition) is 2. The lowest BCUT2D eigenvalue weighted by Gasteiger charge is -2.21. The topological polar surface area (TPSA) is 92.8 Å². The zero-order valence-electron chi connectivity index (χ0n) is 11.4. The van der Waals surface area contributed by atoms with Crippen LogP contribution in [0.2, 0.25) is 0 Å². The van der Waals surface area contributed by atoms with Crippen molar-refractivity contribution in [2.45, 2.75) is 45.3 Å². The molecule has 0 amide bonds. The molecule has 1 unspecified atom stereocenters. The van der Waals surface area contributed by atoms with Gasteiger partial charge in [-0.2, -0.15) is 0 Å². The van der Waals surface area contributed by atoms with Gasteiger partial charge in [-0.3, -0.25) is 14.3 Å².